The van der Waals surface area contributed by atoms with Crippen molar-refractivity contribution in [2.24, 2.45) is 0 Å². The highest BCUT2D eigenvalue weighted by atomic mass is 19.4. The molecule has 0 saturated heterocycles. The van der Waals surface area contributed by atoms with Crippen molar-refractivity contribution in [1.29, 1.82) is 0 Å². The third-order valence-corrected chi connectivity index (χ3v) is 2.29. The summed E-state index contributed by atoms with van der Waals surface area (Å²) in [6.45, 7) is 2.55. The molecule has 0 amide bonds. The lowest BCUT2D eigenvalue weighted by Gasteiger charge is -2.21. The third-order valence-electron chi connectivity index (χ3n) is 2.29. The number of likely N-dealkylation sites (N-methyl/N-ethyl adjacent to an activating group) is 1. The van der Waals surface area contributed by atoms with Gasteiger partial charge in [0.15, 0.2) is 0 Å². The van der Waals surface area contributed by atoms with E-state index in [-0.39, 0.29) is 0 Å². The van der Waals surface area contributed by atoms with Crippen LogP contribution >= 0.6 is 0 Å². The number of halogens is 3. The molecule has 5 heteroatoms. The van der Waals surface area contributed by atoms with Crippen LogP contribution in [0.2, 0.25) is 0 Å². The van der Waals surface area contributed by atoms with Gasteiger partial charge in [0, 0.05) is 19.1 Å². The van der Waals surface area contributed by atoms with Gasteiger partial charge < -0.3 is 5.32 Å². The molecule has 14 heavy (non-hydrogen) atoms. The zero-order valence-corrected chi connectivity index (χ0v) is 8.40. The number of nitrogens with zero attached hydrogens (tertiary/aromatic N) is 1. The van der Waals surface area contributed by atoms with Gasteiger partial charge in [0.25, 0.3) is 0 Å². The van der Waals surface area contributed by atoms with Crippen LogP contribution in [0.4, 0.5) is 13.2 Å². The molecule has 0 atom stereocenters. The van der Waals surface area contributed by atoms with Gasteiger partial charge >= 0.3 is 6.18 Å². The van der Waals surface area contributed by atoms with Gasteiger partial charge in [0.2, 0.25) is 0 Å². The Morgan fingerprint density at radius 1 is 1.36 bits per heavy atom. The van der Waals surface area contributed by atoms with Crippen molar-refractivity contribution >= 4 is 0 Å². The minimum atomic E-state index is -4.07. The maximum Gasteiger partial charge on any atom is 0.401 e. The summed E-state index contributed by atoms with van der Waals surface area (Å²) in [7, 11) is 0. The zero-order valence-electron chi connectivity index (χ0n) is 8.40. The number of alkyl halides is 3. The summed E-state index contributed by atoms with van der Waals surface area (Å²) in [4.78, 5) is 1.41. The van der Waals surface area contributed by atoms with E-state index < -0.39 is 12.7 Å². The molecule has 0 aromatic rings. The van der Waals surface area contributed by atoms with Gasteiger partial charge in [-0.15, -0.1) is 0 Å². The Labute approximate surface area is 82.5 Å². The number of hydrogen-bond donors (Lipinski definition) is 1. The van der Waals surface area contributed by atoms with Gasteiger partial charge in [0.1, 0.15) is 0 Å². The second-order valence-electron chi connectivity index (χ2n) is 3.71. The first-order valence-corrected chi connectivity index (χ1v) is 5.04. The highest BCUT2D eigenvalue weighted by Gasteiger charge is 2.30. The van der Waals surface area contributed by atoms with Crippen molar-refractivity contribution in [3.8, 4) is 0 Å². The molecule has 0 spiro atoms. The molecule has 1 aliphatic rings. The molecule has 0 aromatic heterocycles. The van der Waals surface area contributed by atoms with Crippen LogP contribution in [0.25, 0.3) is 0 Å². The quantitative estimate of drug-likeness (QED) is 0.716. The maximum absolute atomic E-state index is 12.0. The van der Waals surface area contributed by atoms with E-state index >= 15 is 0 Å². The first-order valence-electron chi connectivity index (χ1n) is 5.04. The van der Waals surface area contributed by atoms with Crippen LogP contribution in [0.1, 0.15) is 19.8 Å². The molecule has 0 radical (unpaired) electrons. The largest absolute Gasteiger partial charge is 0.401 e. The van der Waals surface area contributed by atoms with Crippen molar-refractivity contribution in [3.63, 3.8) is 0 Å². The number of nitrogens with one attached hydrogen (secondary N) is 1. The molecule has 0 aliphatic heterocycles. The average molecular weight is 210 g/mol. The summed E-state index contributed by atoms with van der Waals surface area (Å²) in [5, 5.41) is 3.20. The van der Waals surface area contributed by atoms with E-state index in [1.807, 2.05) is 0 Å². The third kappa shape index (κ3) is 5.44. The predicted molar refractivity (Wildman–Crippen MR) is 49.2 cm³/mol. The van der Waals surface area contributed by atoms with Crippen LogP contribution in [0, 0.1) is 0 Å². The summed E-state index contributed by atoms with van der Waals surface area (Å²) < 4.78 is 36.1. The van der Waals surface area contributed by atoms with Gasteiger partial charge in [0.05, 0.1) is 6.54 Å². The summed E-state index contributed by atoms with van der Waals surface area (Å²) in [5.41, 5.74) is 0. The van der Waals surface area contributed by atoms with Gasteiger partial charge in [-0.1, -0.05) is 6.92 Å². The van der Waals surface area contributed by atoms with Crippen LogP contribution in [0.15, 0.2) is 0 Å². The Bertz CT molecular complexity index is 166. The predicted octanol–water partition coefficient (Wildman–Crippen LogP) is 1.62. The Morgan fingerprint density at radius 2 is 2.00 bits per heavy atom. The lowest BCUT2D eigenvalue weighted by atomic mass is 10.4. The van der Waals surface area contributed by atoms with Crippen molar-refractivity contribution < 1.29 is 13.2 Å². The molecule has 84 valence electrons. The van der Waals surface area contributed by atoms with Gasteiger partial charge in [-0.3, -0.25) is 4.90 Å². The first-order chi connectivity index (χ1) is 6.51. The van der Waals surface area contributed by atoms with E-state index in [4.69, 9.17) is 0 Å². The fraction of sp³-hybridized carbons (Fsp3) is 1.00. The van der Waals surface area contributed by atoms with Crippen molar-refractivity contribution in [1.82, 2.24) is 10.2 Å². The monoisotopic (exact) mass is 210 g/mol. The Kier molecular flexibility index (Phi) is 4.19. The first kappa shape index (κ1) is 11.8. The maximum atomic E-state index is 12.0. The van der Waals surface area contributed by atoms with Gasteiger partial charge in [-0.05, 0) is 19.4 Å². The van der Waals surface area contributed by atoms with E-state index in [0.29, 0.717) is 25.7 Å². The summed E-state index contributed by atoms with van der Waals surface area (Å²) in [6.07, 6.45) is -1.73. The molecule has 1 N–H and O–H groups in total. The minimum Gasteiger partial charge on any atom is -0.313 e. The van der Waals surface area contributed by atoms with Crippen LogP contribution in [0.3, 0.4) is 0 Å². The highest BCUT2D eigenvalue weighted by molar-refractivity contribution is 4.81. The summed E-state index contributed by atoms with van der Waals surface area (Å²) >= 11 is 0. The Hall–Kier alpha value is -0.290. The van der Waals surface area contributed by atoms with Gasteiger partial charge in [-0.25, -0.2) is 0 Å². The minimum absolute atomic E-state index is 0.450. The van der Waals surface area contributed by atoms with Gasteiger partial charge in [-0.2, -0.15) is 13.2 Å². The van der Waals surface area contributed by atoms with E-state index in [1.54, 1.807) is 6.92 Å². The normalized spacial score (nSPS) is 17.8. The molecule has 1 rings (SSSR count). The molecule has 0 unspecified atom stereocenters. The van der Waals surface area contributed by atoms with E-state index in [9.17, 15) is 13.2 Å². The zero-order chi connectivity index (χ0) is 10.6. The smallest absolute Gasteiger partial charge is 0.313 e. The Morgan fingerprint density at radius 3 is 2.43 bits per heavy atom. The molecule has 0 aromatic carbocycles. The molecule has 1 fully saturated rings. The van der Waals surface area contributed by atoms with Crippen molar-refractivity contribution in [2.75, 3.05) is 26.2 Å². The number of rotatable bonds is 6. The molecule has 1 aliphatic carbocycles. The molecule has 0 heterocycles. The molecular formula is C9H17F3N2. The summed E-state index contributed by atoms with van der Waals surface area (Å²) in [6, 6.07) is 0.569. The average Bonchev–Trinajstić information content (AvgIpc) is 2.84. The standard InChI is InChI=1S/C9H17F3N2/c1-2-14(7-9(10,11)12)6-5-13-8-3-4-8/h8,13H,2-7H2,1H3. The molecule has 0 bridgehead atoms. The number of hydrogen-bond acceptors (Lipinski definition) is 2. The van der Waals surface area contributed by atoms with E-state index in [1.165, 1.54) is 17.7 Å². The molecule has 1 saturated carbocycles. The van der Waals surface area contributed by atoms with Crippen molar-refractivity contribution in [3.05, 3.63) is 0 Å². The fourth-order valence-corrected chi connectivity index (χ4v) is 1.32. The second kappa shape index (κ2) is 4.98. The lowest BCUT2D eigenvalue weighted by molar-refractivity contribution is -0.145. The Balaban J connectivity index is 2.10. The topological polar surface area (TPSA) is 15.3 Å². The lowest BCUT2D eigenvalue weighted by Crippen LogP contribution is -2.38. The SMILES string of the molecule is CCN(CCNC1CC1)CC(F)(F)F. The van der Waals surface area contributed by atoms with Crippen LogP contribution in [0.5, 0.6) is 0 Å². The highest BCUT2D eigenvalue weighted by Crippen LogP contribution is 2.18. The molecular weight excluding hydrogens is 193 g/mol. The summed E-state index contributed by atoms with van der Waals surface area (Å²) in [5.74, 6) is 0. The van der Waals surface area contributed by atoms with Crippen LogP contribution < -0.4 is 5.32 Å². The van der Waals surface area contributed by atoms with Crippen LogP contribution in [-0.4, -0.2) is 43.3 Å². The fourth-order valence-electron chi connectivity index (χ4n) is 1.32. The van der Waals surface area contributed by atoms with Crippen LogP contribution in [-0.2, 0) is 0 Å². The van der Waals surface area contributed by atoms with Crippen molar-refractivity contribution in [2.45, 2.75) is 32.0 Å². The van der Waals surface area contributed by atoms with E-state index in [0.717, 1.165) is 0 Å². The second-order valence-corrected chi connectivity index (χ2v) is 3.71. The van der Waals surface area contributed by atoms with E-state index in [2.05, 4.69) is 5.32 Å². The molecule has 2 nitrogen and oxygen atoms in total.